The van der Waals surface area contributed by atoms with Crippen LogP contribution < -0.4 is 5.32 Å². The molecular formula is C8H12NO2. The van der Waals surface area contributed by atoms with Crippen molar-refractivity contribution in [2.24, 2.45) is 5.41 Å². The number of hydrogen-bond acceptors (Lipinski definition) is 2. The molecule has 11 heavy (non-hydrogen) atoms. The first-order valence-electron chi connectivity index (χ1n) is 3.83. The third-order valence-corrected chi connectivity index (χ3v) is 2.26. The Morgan fingerprint density at radius 3 is 2.18 bits per heavy atom. The summed E-state index contributed by atoms with van der Waals surface area (Å²) < 4.78 is 0. The summed E-state index contributed by atoms with van der Waals surface area (Å²) in [5.41, 5.74) is -0.129. The zero-order chi connectivity index (χ0) is 8.48. The highest BCUT2D eigenvalue weighted by Crippen LogP contribution is 2.32. The molecule has 0 atom stereocenters. The Morgan fingerprint density at radius 2 is 1.82 bits per heavy atom. The molecule has 2 amide bonds. The van der Waals surface area contributed by atoms with Crippen molar-refractivity contribution in [3.05, 3.63) is 0 Å². The van der Waals surface area contributed by atoms with E-state index in [1.165, 1.54) is 0 Å². The predicted octanol–water partition coefficient (Wildman–Crippen LogP) is 0.854. The van der Waals surface area contributed by atoms with Crippen molar-refractivity contribution in [3.8, 4) is 0 Å². The van der Waals surface area contributed by atoms with Crippen molar-refractivity contribution in [1.29, 1.82) is 0 Å². The van der Waals surface area contributed by atoms with Gasteiger partial charge in [0.25, 0.3) is 0 Å². The van der Waals surface area contributed by atoms with Crippen molar-refractivity contribution in [3.63, 3.8) is 0 Å². The normalized spacial score (nSPS) is 23.1. The van der Waals surface area contributed by atoms with Gasteiger partial charge >= 0.3 is 0 Å². The van der Waals surface area contributed by atoms with Gasteiger partial charge in [0.1, 0.15) is 0 Å². The van der Waals surface area contributed by atoms with Crippen LogP contribution in [-0.4, -0.2) is 11.8 Å². The van der Waals surface area contributed by atoms with Gasteiger partial charge in [-0.2, -0.15) is 5.32 Å². The molecule has 1 saturated heterocycles. The zero-order valence-corrected chi connectivity index (χ0v) is 6.89. The van der Waals surface area contributed by atoms with E-state index in [4.69, 9.17) is 0 Å². The summed E-state index contributed by atoms with van der Waals surface area (Å²) in [6.07, 6.45) is 1.71. The van der Waals surface area contributed by atoms with Crippen molar-refractivity contribution in [2.75, 3.05) is 0 Å². The molecule has 1 aliphatic rings. The van der Waals surface area contributed by atoms with E-state index in [0.717, 1.165) is 6.42 Å². The lowest BCUT2D eigenvalue weighted by molar-refractivity contribution is -0.138. The fourth-order valence-corrected chi connectivity index (χ4v) is 1.26. The van der Waals surface area contributed by atoms with Crippen LogP contribution >= 0.6 is 0 Å². The van der Waals surface area contributed by atoms with Crippen LogP contribution in [0.15, 0.2) is 0 Å². The average molecular weight is 154 g/mol. The second kappa shape index (κ2) is 2.64. The highest BCUT2D eigenvalue weighted by atomic mass is 16.2. The van der Waals surface area contributed by atoms with E-state index in [-0.39, 0.29) is 17.2 Å². The summed E-state index contributed by atoms with van der Waals surface area (Å²) >= 11 is 0. The van der Waals surface area contributed by atoms with Crippen LogP contribution in [0.5, 0.6) is 0 Å². The minimum atomic E-state index is -0.259. The quantitative estimate of drug-likeness (QED) is 0.526. The van der Waals surface area contributed by atoms with Gasteiger partial charge in [0, 0.05) is 12.8 Å². The molecule has 0 aliphatic carbocycles. The highest BCUT2D eigenvalue weighted by Gasteiger charge is 2.34. The second-order valence-corrected chi connectivity index (χ2v) is 3.42. The monoisotopic (exact) mass is 154 g/mol. The molecule has 3 heteroatoms. The number of carbonyl (C=O) groups is 2. The molecule has 1 aliphatic heterocycles. The van der Waals surface area contributed by atoms with Crippen LogP contribution in [-0.2, 0) is 9.59 Å². The summed E-state index contributed by atoms with van der Waals surface area (Å²) in [6, 6.07) is 0. The van der Waals surface area contributed by atoms with Crippen LogP contribution in [0.1, 0.15) is 33.1 Å². The fourth-order valence-electron chi connectivity index (χ4n) is 1.26. The first-order valence-corrected chi connectivity index (χ1v) is 3.83. The van der Waals surface area contributed by atoms with Gasteiger partial charge in [-0.05, 0) is 11.8 Å². The molecule has 0 N–H and O–H groups in total. The first kappa shape index (κ1) is 8.24. The fraction of sp³-hybridized carbons (Fsp3) is 0.750. The van der Waals surface area contributed by atoms with E-state index in [1.54, 1.807) is 0 Å². The van der Waals surface area contributed by atoms with Crippen molar-refractivity contribution < 1.29 is 9.59 Å². The maximum atomic E-state index is 10.9. The SMILES string of the molecule is CCC1(C)CC(=O)[N]C(=O)C1. The maximum Gasteiger partial charge on any atom is 0.249 e. The second-order valence-electron chi connectivity index (χ2n) is 3.42. The molecule has 0 aromatic rings. The molecule has 1 rings (SSSR count). The summed E-state index contributed by atoms with van der Waals surface area (Å²) in [7, 11) is 0. The highest BCUT2D eigenvalue weighted by molar-refractivity contribution is 5.97. The molecular weight excluding hydrogens is 142 g/mol. The van der Waals surface area contributed by atoms with Gasteiger partial charge in [-0.1, -0.05) is 13.8 Å². The molecule has 3 nitrogen and oxygen atoms in total. The summed E-state index contributed by atoms with van der Waals surface area (Å²) in [6.45, 7) is 3.95. The summed E-state index contributed by atoms with van der Waals surface area (Å²) in [4.78, 5) is 21.7. The summed E-state index contributed by atoms with van der Waals surface area (Å²) in [5.74, 6) is -0.517. The molecule has 0 saturated carbocycles. The minimum absolute atomic E-state index is 0.129. The lowest BCUT2D eigenvalue weighted by Crippen LogP contribution is -2.38. The Labute approximate surface area is 66.2 Å². The third-order valence-electron chi connectivity index (χ3n) is 2.26. The summed E-state index contributed by atoms with van der Waals surface area (Å²) in [5, 5.41) is 3.35. The number of imide groups is 1. The predicted molar refractivity (Wildman–Crippen MR) is 39.8 cm³/mol. The van der Waals surface area contributed by atoms with Crippen molar-refractivity contribution >= 4 is 11.8 Å². The first-order chi connectivity index (χ1) is 5.06. The van der Waals surface area contributed by atoms with Gasteiger partial charge < -0.3 is 0 Å². The minimum Gasteiger partial charge on any atom is -0.272 e. The number of hydrogen-bond donors (Lipinski definition) is 0. The lowest BCUT2D eigenvalue weighted by Gasteiger charge is -2.29. The Bertz CT molecular complexity index is 182. The van der Waals surface area contributed by atoms with Crippen LogP contribution in [0.4, 0.5) is 0 Å². The molecule has 0 aromatic carbocycles. The number of piperidine rings is 1. The molecule has 0 bridgehead atoms. The van der Waals surface area contributed by atoms with Crippen LogP contribution in [0.25, 0.3) is 0 Å². The topological polar surface area (TPSA) is 48.2 Å². The van der Waals surface area contributed by atoms with E-state index < -0.39 is 0 Å². The largest absolute Gasteiger partial charge is 0.272 e. The van der Waals surface area contributed by atoms with Gasteiger partial charge in [-0.25, -0.2) is 0 Å². The van der Waals surface area contributed by atoms with Gasteiger partial charge in [0.2, 0.25) is 11.8 Å². The van der Waals surface area contributed by atoms with E-state index >= 15 is 0 Å². The molecule has 61 valence electrons. The van der Waals surface area contributed by atoms with Gasteiger partial charge in [-0.15, -0.1) is 0 Å². The molecule has 1 radical (unpaired) electrons. The van der Waals surface area contributed by atoms with E-state index in [0.29, 0.717) is 12.8 Å². The number of rotatable bonds is 1. The Morgan fingerprint density at radius 1 is 1.36 bits per heavy atom. The van der Waals surface area contributed by atoms with Gasteiger partial charge in [0.05, 0.1) is 0 Å². The average Bonchev–Trinajstić information content (AvgIpc) is 1.84. The van der Waals surface area contributed by atoms with E-state index in [9.17, 15) is 9.59 Å². The smallest absolute Gasteiger partial charge is 0.249 e. The van der Waals surface area contributed by atoms with E-state index in [1.807, 2.05) is 13.8 Å². The zero-order valence-electron chi connectivity index (χ0n) is 6.89. The molecule has 1 fully saturated rings. The molecule has 0 unspecified atom stereocenters. The Kier molecular flexibility index (Phi) is 1.98. The maximum absolute atomic E-state index is 10.9. The van der Waals surface area contributed by atoms with Crippen LogP contribution in [0.2, 0.25) is 0 Å². The van der Waals surface area contributed by atoms with Crippen LogP contribution in [0, 0.1) is 5.41 Å². The Hall–Kier alpha value is -0.860. The molecule has 0 spiro atoms. The lowest BCUT2D eigenvalue weighted by atomic mass is 9.78. The third kappa shape index (κ3) is 1.79. The van der Waals surface area contributed by atoms with Crippen molar-refractivity contribution in [1.82, 2.24) is 5.32 Å². The number of nitrogens with zero attached hydrogens (tertiary/aromatic N) is 1. The van der Waals surface area contributed by atoms with Gasteiger partial charge in [0.15, 0.2) is 0 Å². The number of carbonyl (C=O) groups excluding carboxylic acids is 2. The molecule has 0 aromatic heterocycles. The number of amides is 2. The van der Waals surface area contributed by atoms with E-state index in [2.05, 4.69) is 5.32 Å². The Balaban J connectivity index is 2.70. The molecule has 1 heterocycles. The van der Waals surface area contributed by atoms with Crippen LogP contribution in [0.3, 0.4) is 0 Å². The van der Waals surface area contributed by atoms with Gasteiger partial charge in [-0.3, -0.25) is 9.59 Å². The standard InChI is InChI=1S/C8H12NO2/c1-3-8(2)4-6(10)9-7(11)5-8/h3-5H2,1-2H3. The van der Waals surface area contributed by atoms with Crippen molar-refractivity contribution in [2.45, 2.75) is 33.1 Å².